The van der Waals surface area contributed by atoms with E-state index in [0.717, 1.165) is 30.7 Å². The summed E-state index contributed by atoms with van der Waals surface area (Å²) >= 11 is 0. The molecule has 0 unspecified atom stereocenters. The molecule has 0 aliphatic rings. The molecule has 0 heterocycles. The van der Waals surface area contributed by atoms with E-state index in [4.69, 9.17) is 10.5 Å². The lowest BCUT2D eigenvalue weighted by Crippen LogP contribution is -2.16. The Morgan fingerprint density at radius 1 is 1.16 bits per heavy atom. The highest BCUT2D eigenvalue weighted by molar-refractivity contribution is 5.92. The zero-order chi connectivity index (χ0) is 18.4. The number of hydrogen-bond acceptors (Lipinski definition) is 3. The lowest BCUT2D eigenvalue weighted by Gasteiger charge is -2.10. The highest BCUT2D eigenvalue weighted by atomic mass is 19.1. The number of primary amides is 1. The van der Waals surface area contributed by atoms with Crippen molar-refractivity contribution in [2.45, 2.75) is 26.8 Å². The third-order valence-corrected chi connectivity index (χ3v) is 3.65. The Bertz CT molecular complexity index is 708. The molecule has 4 nitrogen and oxygen atoms in total. The predicted molar refractivity (Wildman–Crippen MR) is 92.6 cm³/mol. The first kappa shape index (κ1) is 18.9. The van der Waals surface area contributed by atoms with Crippen molar-refractivity contribution >= 4 is 5.91 Å². The van der Waals surface area contributed by atoms with Gasteiger partial charge in [-0.25, -0.2) is 8.78 Å². The van der Waals surface area contributed by atoms with Crippen molar-refractivity contribution in [2.75, 3.05) is 6.54 Å². The highest BCUT2D eigenvalue weighted by Gasteiger charge is 2.15. The maximum absolute atomic E-state index is 13.9. The summed E-state index contributed by atoms with van der Waals surface area (Å²) in [5.41, 5.74) is 5.82. The summed E-state index contributed by atoms with van der Waals surface area (Å²) in [7, 11) is 0. The number of nitrogens with one attached hydrogen (secondary N) is 1. The van der Waals surface area contributed by atoms with E-state index in [1.807, 2.05) is 12.1 Å². The van der Waals surface area contributed by atoms with E-state index >= 15 is 0 Å². The van der Waals surface area contributed by atoms with Crippen molar-refractivity contribution in [2.24, 2.45) is 11.7 Å². The molecule has 0 saturated carbocycles. The summed E-state index contributed by atoms with van der Waals surface area (Å²) in [6.07, 6.45) is 1.10. The second-order valence-electron chi connectivity index (χ2n) is 6.24. The van der Waals surface area contributed by atoms with Gasteiger partial charge in [0.1, 0.15) is 5.75 Å². The molecule has 0 saturated heterocycles. The van der Waals surface area contributed by atoms with Crippen molar-refractivity contribution in [3.05, 3.63) is 59.2 Å². The lowest BCUT2D eigenvalue weighted by atomic mass is 10.1. The zero-order valence-corrected chi connectivity index (χ0v) is 14.3. The van der Waals surface area contributed by atoms with Crippen LogP contribution in [0.4, 0.5) is 8.78 Å². The molecule has 0 bridgehead atoms. The van der Waals surface area contributed by atoms with E-state index < -0.39 is 23.3 Å². The minimum absolute atomic E-state index is 0.245. The van der Waals surface area contributed by atoms with Gasteiger partial charge >= 0.3 is 0 Å². The first-order valence-electron chi connectivity index (χ1n) is 8.13. The SMILES string of the molecule is CC(C)CCNCc1ccc(Oc2c(F)cc(C(N)=O)cc2F)cc1. The quantitative estimate of drug-likeness (QED) is 0.709. The number of hydrogen-bond donors (Lipinski definition) is 2. The molecule has 0 aromatic heterocycles. The van der Waals surface area contributed by atoms with Crippen LogP contribution in [0, 0.1) is 17.6 Å². The van der Waals surface area contributed by atoms with E-state index in [-0.39, 0.29) is 5.56 Å². The van der Waals surface area contributed by atoms with Crippen LogP contribution in [0.3, 0.4) is 0 Å². The van der Waals surface area contributed by atoms with Crippen LogP contribution in [-0.4, -0.2) is 12.5 Å². The molecule has 6 heteroatoms. The summed E-state index contributed by atoms with van der Waals surface area (Å²) < 4.78 is 33.1. The van der Waals surface area contributed by atoms with Crippen molar-refractivity contribution in [3.63, 3.8) is 0 Å². The number of amides is 1. The first-order chi connectivity index (χ1) is 11.9. The number of nitrogens with two attached hydrogens (primary N) is 1. The molecule has 25 heavy (non-hydrogen) atoms. The van der Waals surface area contributed by atoms with Crippen molar-refractivity contribution in [3.8, 4) is 11.5 Å². The van der Waals surface area contributed by atoms with E-state index in [1.54, 1.807) is 12.1 Å². The minimum Gasteiger partial charge on any atom is -0.451 e. The normalized spacial score (nSPS) is 10.9. The van der Waals surface area contributed by atoms with Gasteiger partial charge in [0.15, 0.2) is 17.4 Å². The van der Waals surface area contributed by atoms with Gasteiger partial charge < -0.3 is 15.8 Å². The van der Waals surface area contributed by atoms with Crippen molar-refractivity contribution < 1.29 is 18.3 Å². The highest BCUT2D eigenvalue weighted by Crippen LogP contribution is 2.28. The molecule has 3 N–H and O–H groups in total. The van der Waals surface area contributed by atoms with Crippen LogP contribution in [0.5, 0.6) is 11.5 Å². The van der Waals surface area contributed by atoms with Gasteiger partial charge in [-0.1, -0.05) is 26.0 Å². The summed E-state index contributed by atoms with van der Waals surface area (Å²) in [6, 6.07) is 8.64. The molecule has 0 atom stereocenters. The topological polar surface area (TPSA) is 64.3 Å². The van der Waals surface area contributed by atoms with Gasteiger partial charge in [-0.05, 0) is 48.7 Å². The number of carbonyl (C=O) groups excluding carboxylic acids is 1. The fourth-order valence-electron chi connectivity index (χ4n) is 2.22. The molecule has 2 aromatic rings. The Morgan fingerprint density at radius 2 is 1.76 bits per heavy atom. The Kier molecular flexibility index (Phi) is 6.47. The number of carbonyl (C=O) groups is 1. The Hall–Kier alpha value is -2.47. The summed E-state index contributed by atoms with van der Waals surface area (Å²) in [4.78, 5) is 11.0. The molecule has 0 aliphatic carbocycles. The third-order valence-electron chi connectivity index (χ3n) is 3.65. The van der Waals surface area contributed by atoms with Crippen LogP contribution >= 0.6 is 0 Å². The number of rotatable bonds is 8. The largest absolute Gasteiger partial charge is 0.451 e. The van der Waals surface area contributed by atoms with Crippen LogP contribution < -0.4 is 15.8 Å². The molecule has 1 amide bonds. The number of benzene rings is 2. The second kappa shape index (κ2) is 8.58. The van der Waals surface area contributed by atoms with Gasteiger partial charge in [0.25, 0.3) is 0 Å². The molecule has 0 aliphatic heterocycles. The summed E-state index contributed by atoms with van der Waals surface area (Å²) in [5.74, 6) is -2.47. The second-order valence-corrected chi connectivity index (χ2v) is 6.24. The lowest BCUT2D eigenvalue weighted by molar-refractivity contribution is 0.0999. The predicted octanol–water partition coefficient (Wildman–Crippen LogP) is 3.99. The van der Waals surface area contributed by atoms with Crippen molar-refractivity contribution in [1.29, 1.82) is 0 Å². The standard InChI is InChI=1S/C19H22F2N2O2/c1-12(2)7-8-23-11-13-3-5-15(6-4-13)25-18-16(20)9-14(19(22)24)10-17(18)21/h3-6,9-10,12,23H,7-8,11H2,1-2H3,(H2,22,24). The van der Waals surface area contributed by atoms with Crippen molar-refractivity contribution in [1.82, 2.24) is 5.32 Å². The van der Waals surface area contributed by atoms with Gasteiger partial charge in [0.2, 0.25) is 5.91 Å². The molecular formula is C19H22F2N2O2. The molecule has 0 radical (unpaired) electrons. The average molecular weight is 348 g/mol. The number of halogens is 2. The molecule has 134 valence electrons. The van der Waals surface area contributed by atoms with Gasteiger partial charge in [-0.15, -0.1) is 0 Å². The van der Waals surface area contributed by atoms with Gasteiger partial charge in [-0.2, -0.15) is 0 Å². The Balaban J connectivity index is 2.00. The molecule has 2 rings (SSSR count). The average Bonchev–Trinajstić information content (AvgIpc) is 2.55. The number of ether oxygens (including phenoxy) is 1. The monoisotopic (exact) mass is 348 g/mol. The summed E-state index contributed by atoms with van der Waals surface area (Å²) in [5, 5.41) is 3.33. The zero-order valence-electron chi connectivity index (χ0n) is 14.3. The fourth-order valence-corrected chi connectivity index (χ4v) is 2.22. The smallest absolute Gasteiger partial charge is 0.248 e. The van der Waals surface area contributed by atoms with Crippen LogP contribution in [0.15, 0.2) is 36.4 Å². The van der Waals surface area contributed by atoms with E-state index in [9.17, 15) is 13.6 Å². The van der Waals surface area contributed by atoms with Gasteiger partial charge in [0.05, 0.1) is 0 Å². The summed E-state index contributed by atoms with van der Waals surface area (Å²) in [6.45, 7) is 5.98. The Labute approximate surface area is 146 Å². The minimum atomic E-state index is -0.978. The first-order valence-corrected chi connectivity index (χ1v) is 8.13. The molecule has 2 aromatic carbocycles. The molecular weight excluding hydrogens is 326 g/mol. The van der Waals surface area contributed by atoms with Gasteiger partial charge in [0, 0.05) is 12.1 Å². The maximum atomic E-state index is 13.9. The van der Waals surface area contributed by atoms with E-state index in [2.05, 4.69) is 19.2 Å². The van der Waals surface area contributed by atoms with E-state index in [0.29, 0.717) is 18.2 Å². The molecule has 0 spiro atoms. The van der Waals surface area contributed by atoms with E-state index in [1.165, 1.54) is 0 Å². The van der Waals surface area contributed by atoms with Gasteiger partial charge in [-0.3, -0.25) is 4.79 Å². The molecule has 0 fully saturated rings. The third kappa shape index (κ3) is 5.53. The van der Waals surface area contributed by atoms with Crippen LogP contribution in [-0.2, 0) is 6.54 Å². The van der Waals surface area contributed by atoms with Crippen LogP contribution in [0.1, 0.15) is 36.2 Å². The maximum Gasteiger partial charge on any atom is 0.248 e. The Morgan fingerprint density at radius 3 is 2.28 bits per heavy atom. The fraction of sp³-hybridized carbons (Fsp3) is 0.316. The van der Waals surface area contributed by atoms with Crippen LogP contribution in [0.25, 0.3) is 0 Å². The van der Waals surface area contributed by atoms with Crippen LogP contribution in [0.2, 0.25) is 0 Å².